The highest BCUT2D eigenvalue weighted by atomic mass is 32.2. The van der Waals surface area contributed by atoms with Crippen molar-refractivity contribution < 1.29 is 8.42 Å². The van der Waals surface area contributed by atoms with Crippen LogP contribution < -0.4 is 4.72 Å². The molecule has 3 aromatic carbocycles. The van der Waals surface area contributed by atoms with Crippen LogP contribution in [0.1, 0.15) is 18.4 Å². The number of nitrogens with one attached hydrogen (secondary N) is 1. The molecule has 0 atom stereocenters. The molecule has 6 heteroatoms. The van der Waals surface area contributed by atoms with Gasteiger partial charge in [-0.25, -0.2) is 13.1 Å². The van der Waals surface area contributed by atoms with Gasteiger partial charge in [-0.3, -0.25) is 0 Å². The first-order valence-corrected chi connectivity index (χ1v) is 13.7. The van der Waals surface area contributed by atoms with E-state index in [-0.39, 0.29) is 0 Å². The number of hydrogen-bond acceptors (Lipinski definition) is 4. The molecular formula is C28H35N3O2S. The van der Waals surface area contributed by atoms with Crippen LogP contribution >= 0.6 is 0 Å². The van der Waals surface area contributed by atoms with Crippen molar-refractivity contribution in [1.29, 1.82) is 0 Å². The van der Waals surface area contributed by atoms with E-state index in [1.807, 2.05) is 42.5 Å². The summed E-state index contributed by atoms with van der Waals surface area (Å²) in [5.74, 6) is 0. The smallest absolute Gasteiger partial charge is 0.240 e. The molecule has 0 spiro atoms. The maximum atomic E-state index is 12.6. The van der Waals surface area contributed by atoms with Crippen LogP contribution in [-0.2, 0) is 16.4 Å². The van der Waals surface area contributed by atoms with E-state index < -0.39 is 10.0 Å². The molecule has 0 aromatic heterocycles. The molecule has 3 aromatic rings. The second kappa shape index (κ2) is 12.3. The van der Waals surface area contributed by atoms with Crippen LogP contribution in [0, 0.1) is 0 Å². The predicted molar refractivity (Wildman–Crippen MR) is 139 cm³/mol. The molecule has 180 valence electrons. The highest BCUT2D eigenvalue weighted by molar-refractivity contribution is 7.89. The summed E-state index contributed by atoms with van der Waals surface area (Å²) in [6.07, 6.45) is 3.14. The Kier molecular flexibility index (Phi) is 8.88. The van der Waals surface area contributed by atoms with Crippen molar-refractivity contribution in [1.82, 2.24) is 14.5 Å². The minimum absolute atomic E-state index is 0.316. The fourth-order valence-electron chi connectivity index (χ4n) is 4.44. The SMILES string of the molecule is O=S(=O)(NCCCN1CCN(CCCc2ccccc2)CC1)c1ccc(-c2ccccc2)cc1. The molecule has 1 saturated heterocycles. The van der Waals surface area contributed by atoms with Crippen LogP contribution in [-0.4, -0.2) is 64.0 Å². The number of hydrogen-bond donors (Lipinski definition) is 1. The van der Waals surface area contributed by atoms with Gasteiger partial charge < -0.3 is 9.80 Å². The summed E-state index contributed by atoms with van der Waals surface area (Å²) < 4.78 is 28.1. The van der Waals surface area contributed by atoms with E-state index in [1.54, 1.807) is 12.1 Å². The molecule has 0 radical (unpaired) electrons. The first-order valence-electron chi connectivity index (χ1n) is 12.2. The van der Waals surface area contributed by atoms with Crippen LogP contribution in [0.3, 0.4) is 0 Å². The monoisotopic (exact) mass is 477 g/mol. The molecule has 0 unspecified atom stereocenters. The van der Waals surface area contributed by atoms with Crippen molar-refractivity contribution in [2.45, 2.75) is 24.2 Å². The van der Waals surface area contributed by atoms with E-state index >= 15 is 0 Å². The fourth-order valence-corrected chi connectivity index (χ4v) is 5.51. The summed E-state index contributed by atoms with van der Waals surface area (Å²) in [6.45, 7) is 6.82. The first-order chi connectivity index (χ1) is 16.6. The molecule has 0 amide bonds. The highest BCUT2D eigenvalue weighted by Gasteiger charge is 2.17. The lowest BCUT2D eigenvalue weighted by Gasteiger charge is -2.34. The summed E-state index contributed by atoms with van der Waals surface area (Å²) in [5, 5.41) is 0. The molecule has 1 heterocycles. The maximum absolute atomic E-state index is 12.6. The fraction of sp³-hybridized carbons (Fsp3) is 0.357. The number of benzene rings is 3. The number of nitrogens with zero attached hydrogens (tertiary/aromatic N) is 2. The number of rotatable bonds is 11. The Morgan fingerprint density at radius 2 is 1.18 bits per heavy atom. The molecule has 0 aliphatic carbocycles. The lowest BCUT2D eigenvalue weighted by molar-refractivity contribution is 0.131. The molecule has 1 N–H and O–H groups in total. The minimum Gasteiger partial charge on any atom is -0.301 e. The molecular weight excluding hydrogens is 442 g/mol. The third-order valence-electron chi connectivity index (χ3n) is 6.46. The van der Waals surface area contributed by atoms with Gasteiger partial charge in [-0.2, -0.15) is 0 Å². The largest absolute Gasteiger partial charge is 0.301 e. The van der Waals surface area contributed by atoms with Gasteiger partial charge in [0.25, 0.3) is 0 Å². The van der Waals surface area contributed by atoms with Crippen molar-refractivity contribution >= 4 is 10.0 Å². The van der Waals surface area contributed by atoms with Gasteiger partial charge in [0.15, 0.2) is 0 Å². The summed E-state index contributed by atoms with van der Waals surface area (Å²) in [7, 11) is -3.48. The Morgan fingerprint density at radius 1 is 0.647 bits per heavy atom. The first kappa shape index (κ1) is 24.6. The zero-order chi connectivity index (χ0) is 23.6. The number of sulfonamides is 1. The van der Waals surface area contributed by atoms with Gasteiger partial charge in [0, 0.05) is 32.7 Å². The topological polar surface area (TPSA) is 52.7 Å². The zero-order valence-electron chi connectivity index (χ0n) is 19.8. The third-order valence-corrected chi connectivity index (χ3v) is 7.94. The maximum Gasteiger partial charge on any atom is 0.240 e. The van der Waals surface area contributed by atoms with Crippen molar-refractivity contribution in [3.05, 3.63) is 90.5 Å². The average molecular weight is 478 g/mol. The molecule has 34 heavy (non-hydrogen) atoms. The van der Waals surface area contributed by atoms with Gasteiger partial charge in [-0.15, -0.1) is 0 Å². The van der Waals surface area contributed by atoms with Crippen molar-refractivity contribution in [2.24, 2.45) is 0 Å². The summed E-state index contributed by atoms with van der Waals surface area (Å²) in [6, 6.07) is 27.7. The van der Waals surface area contributed by atoms with E-state index in [9.17, 15) is 8.42 Å². The van der Waals surface area contributed by atoms with E-state index in [2.05, 4.69) is 44.9 Å². The Hall–Kier alpha value is -2.51. The Labute approximate surface area is 204 Å². The second-order valence-corrected chi connectivity index (χ2v) is 10.7. The van der Waals surface area contributed by atoms with Gasteiger partial charge >= 0.3 is 0 Å². The van der Waals surface area contributed by atoms with E-state index in [0.29, 0.717) is 11.4 Å². The number of aryl methyl sites for hydroxylation is 1. The predicted octanol–water partition coefficient (Wildman–Crippen LogP) is 4.27. The summed E-state index contributed by atoms with van der Waals surface area (Å²) in [4.78, 5) is 5.30. The van der Waals surface area contributed by atoms with Crippen LogP contribution in [0.4, 0.5) is 0 Å². The van der Waals surface area contributed by atoms with Gasteiger partial charge in [0.1, 0.15) is 0 Å². The summed E-state index contributed by atoms with van der Waals surface area (Å²) in [5.41, 5.74) is 3.50. The van der Waals surface area contributed by atoms with Crippen LogP contribution in [0.15, 0.2) is 89.8 Å². The average Bonchev–Trinajstić information content (AvgIpc) is 2.89. The van der Waals surface area contributed by atoms with Crippen molar-refractivity contribution in [3.8, 4) is 11.1 Å². The lowest BCUT2D eigenvalue weighted by atomic mass is 10.1. The molecule has 5 nitrogen and oxygen atoms in total. The standard InChI is InChI=1S/C28H35N3O2S/c32-34(33,28-16-14-27(15-17-28)26-12-5-2-6-13-26)29-18-8-20-31-23-21-30(22-24-31)19-7-11-25-9-3-1-4-10-25/h1-6,9-10,12-17,29H,7-8,11,18-24H2. The van der Waals surface area contributed by atoms with E-state index in [0.717, 1.165) is 63.2 Å². The summed E-state index contributed by atoms with van der Waals surface area (Å²) >= 11 is 0. The highest BCUT2D eigenvalue weighted by Crippen LogP contribution is 2.21. The third kappa shape index (κ3) is 7.24. The van der Waals surface area contributed by atoms with E-state index in [4.69, 9.17) is 0 Å². The normalized spacial score (nSPS) is 15.4. The molecule has 0 saturated carbocycles. The van der Waals surface area contributed by atoms with Crippen LogP contribution in [0.5, 0.6) is 0 Å². The van der Waals surface area contributed by atoms with Gasteiger partial charge in [0.05, 0.1) is 4.90 Å². The van der Waals surface area contributed by atoms with Crippen molar-refractivity contribution in [2.75, 3.05) is 45.8 Å². The second-order valence-electron chi connectivity index (χ2n) is 8.91. The molecule has 1 fully saturated rings. The van der Waals surface area contributed by atoms with Gasteiger partial charge in [-0.1, -0.05) is 72.8 Å². The van der Waals surface area contributed by atoms with Crippen LogP contribution in [0.25, 0.3) is 11.1 Å². The number of piperazine rings is 1. The van der Waals surface area contributed by atoms with Gasteiger partial charge in [0.2, 0.25) is 10.0 Å². The molecule has 4 rings (SSSR count). The Morgan fingerprint density at radius 3 is 1.79 bits per heavy atom. The van der Waals surface area contributed by atoms with Crippen LogP contribution in [0.2, 0.25) is 0 Å². The molecule has 0 bridgehead atoms. The Balaban J connectivity index is 1.13. The van der Waals surface area contributed by atoms with E-state index in [1.165, 1.54) is 12.0 Å². The minimum atomic E-state index is -3.48. The quantitative estimate of drug-likeness (QED) is 0.419. The zero-order valence-corrected chi connectivity index (χ0v) is 20.6. The Bertz CT molecular complexity index is 1100. The molecule has 1 aliphatic rings. The van der Waals surface area contributed by atoms with Gasteiger partial charge in [-0.05, 0) is 61.2 Å². The molecule has 1 aliphatic heterocycles. The van der Waals surface area contributed by atoms with Crippen molar-refractivity contribution in [3.63, 3.8) is 0 Å². The lowest BCUT2D eigenvalue weighted by Crippen LogP contribution is -2.47.